The van der Waals surface area contributed by atoms with E-state index in [-0.39, 0.29) is 9.92 Å². The molecular weight excluding hydrogens is 364 g/mol. The smallest absolute Gasteiger partial charge is 0.262 e. The van der Waals surface area contributed by atoms with Crippen molar-refractivity contribution < 1.29 is 17.9 Å². The molecule has 0 saturated carbocycles. The number of para-hydroxylation sites is 2. The molecule has 0 radical (unpaired) electrons. The molecule has 0 bridgehead atoms. The number of nitrogens with one attached hydrogen (secondary N) is 1. The lowest BCUT2D eigenvalue weighted by Gasteiger charge is -2.30. The highest BCUT2D eigenvalue weighted by Gasteiger charge is 2.20. The van der Waals surface area contributed by atoms with Gasteiger partial charge in [0.05, 0.1) is 41.6 Å². The van der Waals surface area contributed by atoms with Crippen LogP contribution < -0.4 is 14.4 Å². The Kier molecular flexibility index (Phi) is 5.36. The molecule has 1 N–H and O–H groups in total. The summed E-state index contributed by atoms with van der Waals surface area (Å²) in [4.78, 5) is 2.18. The summed E-state index contributed by atoms with van der Waals surface area (Å²) in [6, 6.07) is 11.7. The Bertz CT molecular complexity index is 851. The van der Waals surface area contributed by atoms with Gasteiger partial charge in [-0.05, 0) is 30.3 Å². The quantitative estimate of drug-likeness (QED) is 0.861. The molecule has 0 aromatic heterocycles. The molecule has 0 unspecified atom stereocenters. The first-order valence-corrected chi connectivity index (χ1v) is 9.65. The van der Waals surface area contributed by atoms with E-state index >= 15 is 0 Å². The number of hydrogen-bond acceptors (Lipinski definition) is 5. The maximum Gasteiger partial charge on any atom is 0.262 e. The third-order valence-corrected chi connectivity index (χ3v) is 5.59. The first-order valence-electron chi connectivity index (χ1n) is 7.79. The third kappa shape index (κ3) is 4.00. The lowest BCUT2D eigenvalue weighted by atomic mass is 10.2. The molecule has 2 aromatic carbocycles. The summed E-state index contributed by atoms with van der Waals surface area (Å²) in [7, 11) is -2.29. The van der Waals surface area contributed by atoms with Crippen molar-refractivity contribution in [2.24, 2.45) is 0 Å². The van der Waals surface area contributed by atoms with Gasteiger partial charge in [0.25, 0.3) is 10.0 Å². The van der Waals surface area contributed by atoms with Gasteiger partial charge in [0.2, 0.25) is 0 Å². The normalized spacial score (nSPS) is 15.0. The van der Waals surface area contributed by atoms with Gasteiger partial charge < -0.3 is 14.4 Å². The van der Waals surface area contributed by atoms with Crippen molar-refractivity contribution in [1.82, 2.24) is 0 Å². The van der Waals surface area contributed by atoms with Crippen LogP contribution in [0.1, 0.15) is 0 Å². The molecule has 2 aromatic rings. The Balaban J connectivity index is 1.90. The number of hydrogen-bond donors (Lipinski definition) is 1. The van der Waals surface area contributed by atoms with Gasteiger partial charge in [-0.2, -0.15) is 0 Å². The van der Waals surface area contributed by atoms with Crippen LogP contribution >= 0.6 is 11.6 Å². The second-order valence-corrected chi connectivity index (χ2v) is 7.61. The molecule has 0 spiro atoms. The van der Waals surface area contributed by atoms with Crippen molar-refractivity contribution in [2.45, 2.75) is 4.90 Å². The van der Waals surface area contributed by atoms with Crippen LogP contribution in [0.4, 0.5) is 11.4 Å². The topological polar surface area (TPSA) is 67.9 Å². The Labute approximate surface area is 152 Å². The Morgan fingerprint density at radius 3 is 2.56 bits per heavy atom. The summed E-state index contributed by atoms with van der Waals surface area (Å²) in [5, 5.41) is 0.242. The van der Waals surface area contributed by atoms with Crippen molar-refractivity contribution >= 4 is 33.0 Å². The molecule has 6 nitrogen and oxygen atoms in total. The number of anilines is 2. The van der Waals surface area contributed by atoms with Gasteiger partial charge in [0.15, 0.2) is 0 Å². The summed E-state index contributed by atoms with van der Waals surface area (Å²) in [5.41, 5.74) is 1.35. The van der Waals surface area contributed by atoms with Crippen LogP contribution in [0.5, 0.6) is 5.75 Å². The highest BCUT2D eigenvalue weighted by atomic mass is 35.5. The van der Waals surface area contributed by atoms with E-state index in [4.69, 9.17) is 21.1 Å². The molecule has 1 aliphatic rings. The minimum Gasteiger partial charge on any atom is -0.495 e. The van der Waals surface area contributed by atoms with Gasteiger partial charge >= 0.3 is 0 Å². The molecule has 1 heterocycles. The van der Waals surface area contributed by atoms with Crippen LogP contribution in [0.2, 0.25) is 5.02 Å². The van der Waals surface area contributed by atoms with E-state index in [1.807, 2.05) is 12.1 Å². The zero-order valence-corrected chi connectivity index (χ0v) is 15.3. The standard InChI is InChI=1S/C17H19ClN2O4S/c1-23-17-7-6-13(12-14(17)18)25(21,22)19-15-4-2-3-5-16(15)20-8-10-24-11-9-20/h2-7,12,19H,8-11H2,1H3. The molecule has 0 aliphatic carbocycles. The maximum atomic E-state index is 12.7. The van der Waals surface area contributed by atoms with Crippen molar-refractivity contribution in [1.29, 1.82) is 0 Å². The summed E-state index contributed by atoms with van der Waals surface area (Å²) < 4.78 is 38.5. The minimum absolute atomic E-state index is 0.0788. The summed E-state index contributed by atoms with van der Waals surface area (Å²) in [6.07, 6.45) is 0. The van der Waals surface area contributed by atoms with Gasteiger partial charge in [-0.25, -0.2) is 8.42 Å². The highest BCUT2D eigenvalue weighted by molar-refractivity contribution is 7.92. The summed E-state index contributed by atoms with van der Waals surface area (Å²) >= 11 is 6.05. The number of nitrogens with zero attached hydrogens (tertiary/aromatic N) is 1. The first kappa shape index (κ1) is 17.8. The molecular formula is C17H19ClN2O4S. The second-order valence-electron chi connectivity index (χ2n) is 5.52. The summed E-state index contributed by atoms with van der Waals surface area (Å²) in [5.74, 6) is 0.425. The first-order chi connectivity index (χ1) is 12.0. The van der Waals surface area contributed by atoms with E-state index in [0.717, 1.165) is 5.69 Å². The molecule has 1 aliphatic heterocycles. The molecule has 3 rings (SSSR count). The van der Waals surface area contributed by atoms with E-state index in [1.54, 1.807) is 12.1 Å². The van der Waals surface area contributed by atoms with E-state index < -0.39 is 10.0 Å². The van der Waals surface area contributed by atoms with Crippen LogP contribution in [0, 0.1) is 0 Å². The van der Waals surface area contributed by atoms with Crippen LogP contribution in [-0.4, -0.2) is 41.8 Å². The van der Waals surface area contributed by atoms with E-state index in [0.29, 0.717) is 37.7 Å². The average molecular weight is 383 g/mol. The predicted octanol–water partition coefficient (Wildman–Crippen LogP) is 2.99. The Hall–Kier alpha value is -1.96. The molecule has 1 saturated heterocycles. The van der Waals surface area contributed by atoms with Gasteiger partial charge in [-0.15, -0.1) is 0 Å². The van der Waals surface area contributed by atoms with Crippen LogP contribution in [0.25, 0.3) is 0 Å². The molecule has 0 amide bonds. The van der Waals surface area contributed by atoms with Gasteiger partial charge in [-0.1, -0.05) is 23.7 Å². The van der Waals surface area contributed by atoms with E-state index in [9.17, 15) is 8.42 Å². The number of sulfonamides is 1. The highest BCUT2D eigenvalue weighted by Crippen LogP contribution is 2.31. The lowest BCUT2D eigenvalue weighted by Crippen LogP contribution is -2.36. The Morgan fingerprint density at radius 2 is 1.88 bits per heavy atom. The molecule has 8 heteroatoms. The fourth-order valence-corrected chi connectivity index (χ4v) is 4.08. The van der Waals surface area contributed by atoms with Crippen molar-refractivity contribution in [3.05, 3.63) is 47.5 Å². The van der Waals surface area contributed by atoms with Gasteiger partial charge in [0, 0.05) is 13.1 Å². The van der Waals surface area contributed by atoms with Crippen molar-refractivity contribution in [3.63, 3.8) is 0 Å². The van der Waals surface area contributed by atoms with Gasteiger partial charge in [0.1, 0.15) is 5.75 Å². The number of morpholine rings is 1. The van der Waals surface area contributed by atoms with Crippen molar-refractivity contribution in [3.8, 4) is 5.75 Å². The van der Waals surface area contributed by atoms with Crippen LogP contribution in [0.15, 0.2) is 47.4 Å². The second kappa shape index (κ2) is 7.51. The minimum atomic E-state index is -3.77. The van der Waals surface area contributed by atoms with E-state index in [2.05, 4.69) is 9.62 Å². The maximum absolute atomic E-state index is 12.7. The average Bonchev–Trinajstić information content (AvgIpc) is 2.62. The SMILES string of the molecule is COc1ccc(S(=O)(=O)Nc2ccccc2N2CCOCC2)cc1Cl. The Morgan fingerprint density at radius 1 is 1.16 bits per heavy atom. The number of halogens is 1. The fraction of sp³-hybridized carbons (Fsp3) is 0.294. The molecule has 0 atom stereocenters. The predicted molar refractivity (Wildman–Crippen MR) is 98.3 cm³/mol. The summed E-state index contributed by atoms with van der Waals surface area (Å²) in [6.45, 7) is 2.67. The van der Waals surface area contributed by atoms with Gasteiger partial charge in [-0.3, -0.25) is 4.72 Å². The molecule has 25 heavy (non-hydrogen) atoms. The monoisotopic (exact) mass is 382 g/mol. The molecule has 1 fully saturated rings. The number of benzene rings is 2. The molecule has 134 valence electrons. The third-order valence-electron chi connectivity index (χ3n) is 3.93. The van der Waals surface area contributed by atoms with Crippen molar-refractivity contribution in [2.75, 3.05) is 43.0 Å². The van der Waals surface area contributed by atoms with Crippen LogP contribution in [0.3, 0.4) is 0 Å². The zero-order valence-electron chi connectivity index (χ0n) is 13.7. The van der Waals surface area contributed by atoms with Crippen LogP contribution in [-0.2, 0) is 14.8 Å². The number of methoxy groups -OCH3 is 1. The lowest BCUT2D eigenvalue weighted by molar-refractivity contribution is 0.123. The fourth-order valence-electron chi connectivity index (χ4n) is 2.66. The number of rotatable bonds is 5. The largest absolute Gasteiger partial charge is 0.495 e. The number of ether oxygens (including phenoxy) is 2. The van der Waals surface area contributed by atoms with E-state index in [1.165, 1.54) is 25.3 Å². The zero-order chi connectivity index (χ0) is 17.9.